The molecule has 4 nitrogen and oxygen atoms in total. The molecule has 0 amide bonds. The van der Waals surface area contributed by atoms with Gasteiger partial charge in [-0.2, -0.15) is 0 Å². The average molecular weight is 200 g/mol. The van der Waals surface area contributed by atoms with Crippen molar-refractivity contribution in [2.24, 2.45) is 0 Å². The van der Waals surface area contributed by atoms with Crippen molar-refractivity contribution in [3.8, 4) is 0 Å². The van der Waals surface area contributed by atoms with Crippen molar-refractivity contribution in [1.29, 1.82) is 0 Å². The minimum atomic E-state index is -0.376. The van der Waals surface area contributed by atoms with E-state index in [1.165, 1.54) is 0 Å². The Bertz CT molecular complexity index is 191. The number of ether oxygens (including phenoxy) is 2. The number of nitrogens with zero attached hydrogens (tertiary/aromatic N) is 1. The quantitative estimate of drug-likeness (QED) is 0.682. The third-order valence-corrected chi connectivity index (χ3v) is 2.74. The summed E-state index contributed by atoms with van der Waals surface area (Å²) in [6.07, 6.45) is 0.253. The van der Waals surface area contributed by atoms with Crippen LogP contribution in [0.1, 0.15) is 13.8 Å². The van der Waals surface area contributed by atoms with E-state index in [2.05, 4.69) is 10.2 Å². The molecule has 2 rings (SSSR count). The summed E-state index contributed by atoms with van der Waals surface area (Å²) in [5.74, 6) is -0.376. The standard InChI is InChI=1S/C10H20N2O2/c1-10(2)13-8-9(14-10)7-12-5-3-11-4-6-12/h9,11H,3-8H2,1-2H3/t9-/m0/s1. The summed E-state index contributed by atoms with van der Waals surface area (Å²) in [4.78, 5) is 2.44. The largest absolute Gasteiger partial charge is 0.348 e. The van der Waals surface area contributed by atoms with Gasteiger partial charge >= 0.3 is 0 Å². The maximum atomic E-state index is 5.77. The highest BCUT2D eigenvalue weighted by Gasteiger charge is 2.33. The smallest absolute Gasteiger partial charge is 0.163 e. The predicted octanol–water partition coefficient (Wildman–Crippen LogP) is 0.0431. The first-order valence-corrected chi connectivity index (χ1v) is 5.40. The molecule has 1 atom stereocenters. The van der Waals surface area contributed by atoms with Gasteiger partial charge in [0.2, 0.25) is 0 Å². The molecular weight excluding hydrogens is 180 g/mol. The highest BCUT2D eigenvalue weighted by Crippen LogP contribution is 2.22. The summed E-state index contributed by atoms with van der Waals surface area (Å²) in [6.45, 7) is 10.1. The van der Waals surface area contributed by atoms with Crippen LogP contribution in [0, 0.1) is 0 Å². The molecule has 2 saturated heterocycles. The Hall–Kier alpha value is -0.160. The average Bonchev–Trinajstić information content (AvgIpc) is 2.47. The lowest BCUT2D eigenvalue weighted by Crippen LogP contribution is -2.46. The lowest BCUT2D eigenvalue weighted by molar-refractivity contribution is -0.140. The monoisotopic (exact) mass is 200 g/mol. The molecule has 0 saturated carbocycles. The Morgan fingerprint density at radius 3 is 2.64 bits per heavy atom. The first-order chi connectivity index (χ1) is 6.66. The van der Waals surface area contributed by atoms with Crippen molar-refractivity contribution in [3.05, 3.63) is 0 Å². The van der Waals surface area contributed by atoms with Gasteiger partial charge in [-0.15, -0.1) is 0 Å². The van der Waals surface area contributed by atoms with Gasteiger partial charge in [-0.25, -0.2) is 0 Å². The molecule has 14 heavy (non-hydrogen) atoms. The summed E-state index contributed by atoms with van der Waals surface area (Å²) in [7, 11) is 0. The zero-order valence-electron chi connectivity index (χ0n) is 9.08. The van der Waals surface area contributed by atoms with E-state index >= 15 is 0 Å². The third kappa shape index (κ3) is 2.67. The Balaban J connectivity index is 1.75. The molecule has 0 unspecified atom stereocenters. The summed E-state index contributed by atoms with van der Waals surface area (Å²) in [5, 5.41) is 3.34. The molecule has 0 spiro atoms. The molecule has 2 heterocycles. The minimum Gasteiger partial charge on any atom is -0.348 e. The van der Waals surface area contributed by atoms with Gasteiger partial charge in [0.25, 0.3) is 0 Å². The van der Waals surface area contributed by atoms with Crippen molar-refractivity contribution < 1.29 is 9.47 Å². The third-order valence-electron chi connectivity index (χ3n) is 2.74. The molecule has 2 fully saturated rings. The Labute approximate surface area is 85.5 Å². The maximum absolute atomic E-state index is 5.77. The van der Waals surface area contributed by atoms with Gasteiger partial charge in [0.05, 0.1) is 12.7 Å². The van der Waals surface area contributed by atoms with E-state index in [1.54, 1.807) is 0 Å². The van der Waals surface area contributed by atoms with Gasteiger partial charge in [-0.1, -0.05) is 0 Å². The first-order valence-electron chi connectivity index (χ1n) is 5.40. The van der Waals surface area contributed by atoms with Crippen LogP contribution in [0.3, 0.4) is 0 Å². The molecule has 0 aliphatic carbocycles. The van der Waals surface area contributed by atoms with Crippen LogP contribution in [0.2, 0.25) is 0 Å². The highest BCUT2D eigenvalue weighted by molar-refractivity contribution is 4.77. The predicted molar refractivity (Wildman–Crippen MR) is 54.2 cm³/mol. The van der Waals surface area contributed by atoms with Gasteiger partial charge in [0, 0.05) is 32.7 Å². The molecule has 82 valence electrons. The van der Waals surface area contributed by atoms with Crippen molar-refractivity contribution in [3.63, 3.8) is 0 Å². The van der Waals surface area contributed by atoms with E-state index in [0.29, 0.717) is 0 Å². The fourth-order valence-electron chi connectivity index (χ4n) is 2.03. The molecule has 2 aliphatic rings. The van der Waals surface area contributed by atoms with Crippen molar-refractivity contribution >= 4 is 0 Å². The van der Waals surface area contributed by atoms with E-state index in [4.69, 9.17) is 9.47 Å². The fourth-order valence-corrected chi connectivity index (χ4v) is 2.03. The zero-order valence-corrected chi connectivity index (χ0v) is 9.08. The van der Waals surface area contributed by atoms with Crippen LogP contribution in [0.25, 0.3) is 0 Å². The van der Waals surface area contributed by atoms with E-state index < -0.39 is 0 Å². The second-order valence-electron chi connectivity index (χ2n) is 4.50. The van der Waals surface area contributed by atoms with Crippen molar-refractivity contribution in [1.82, 2.24) is 10.2 Å². The van der Waals surface area contributed by atoms with Crippen LogP contribution in [-0.2, 0) is 9.47 Å². The van der Waals surface area contributed by atoms with Crippen LogP contribution in [0.15, 0.2) is 0 Å². The second-order valence-corrected chi connectivity index (χ2v) is 4.50. The molecule has 1 N–H and O–H groups in total. The van der Waals surface area contributed by atoms with Crippen LogP contribution >= 0.6 is 0 Å². The van der Waals surface area contributed by atoms with Gasteiger partial charge < -0.3 is 14.8 Å². The Morgan fingerprint density at radius 2 is 2.07 bits per heavy atom. The molecule has 4 heteroatoms. The maximum Gasteiger partial charge on any atom is 0.163 e. The number of piperazine rings is 1. The first kappa shape index (κ1) is 10.4. The molecule has 0 aromatic carbocycles. The molecule has 0 radical (unpaired) electrons. The van der Waals surface area contributed by atoms with Crippen LogP contribution < -0.4 is 5.32 Å². The van der Waals surface area contributed by atoms with E-state index in [1.807, 2.05) is 13.8 Å². The molecule has 0 bridgehead atoms. The highest BCUT2D eigenvalue weighted by atomic mass is 16.7. The van der Waals surface area contributed by atoms with Crippen LogP contribution in [-0.4, -0.2) is 56.1 Å². The van der Waals surface area contributed by atoms with Crippen LogP contribution in [0.4, 0.5) is 0 Å². The molecular formula is C10H20N2O2. The molecule has 2 aliphatic heterocycles. The lowest BCUT2D eigenvalue weighted by atomic mass is 10.3. The SMILES string of the molecule is CC1(C)OC[C@H](CN2CCNCC2)O1. The van der Waals surface area contributed by atoms with Crippen molar-refractivity contribution in [2.75, 3.05) is 39.3 Å². The number of hydrogen-bond acceptors (Lipinski definition) is 4. The molecule has 0 aromatic heterocycles. The number of hydrogen-bond donors (Lipinski definition) is 1. The van der Waals surface area contributed by atoms with E-state index in [0.717, 1.165) is 39.3 Å². The topological polar surface area (TPSA) is 33.7 Å². The van der Waals surface area contributed by atoms with Gasteiger partial charge in [-0.3, -0.25) is 4.90 Å². The Morgan fingerprint density at radius 1 is 1.36 bits per heavy atom. The van der Waals surface area contributed by atoms with Gasteiger partial charge in [0.15, 0.2) is 5.79 Å². The number of nitrogens with one attached hydrogen (secondary N) is 1. The van der Waals surface area contributed by atoms with E-state index in [-0.39, 0.29) is 11.9 Å². The summed E-state index contributed by atoms with van der Waals surface area (Å²) in [6, 6.07) is 0. The minimum absolute atomic E-state index is 0.253. The summed E-state index contributed by atoms with van der Waals surface area (Å²) >= 11 is 0. The van der Waals surface area contributed by atoms with E-state index in [9.17, 15) is 0 Å². The fraction of sp³-hybridized carbons (Fsp3) is 1.00. The number of rotatable bonds is 2. The van der Waals surface area contributed by atoms with Gasteiger partial charge in [-0.05, 0) is 13.8 Å². The molecule has 0 aromatic rings. The van der Waals surface area contributed by atoms with Gasteiger partial charge in [0.1, 0.15) is 0 Å². The normalized spacial score (nSPS) is 33.4. The zero-order chi connectivity index (χ0) is 10.0. The Kier molecular flexibility index (Phi) is 3.07. The summed E-state index contributed by atoms with van der Waals surface area (Å²) in [5.41, 5.74) is 0. The van der Waals surface area contributed by atoms with Crippen LogP contribution in [0.5, 0.6) is 0 Å². The second kappa shape index (κ2) is 4.14. The van der Waals surface area contributed by atoms with Crippen molar-refractivity contribution in [2.45, 2.75) is 25.7 Å². The summed E-state index contributed by atoms with van der Waals surface area (Å²) < 4.78 is 11.3. The lowest BCUT2D eigenvalue weighted by Gasteiger charge is -2.29.